The second kappa shape index (κ2) is 4.98. The van der Waals surface area contributed by atoms with Crippen molar-refractivity contribution in [2.24, 2.45) is 0 Å². The SMILES string of the molecule is COc1ccc2cc(C(=O)O)c3ccccc3c2c1OC. The number of carbonyl (C=O) groups is 1. The molecule has 0 fully saturated rings. The van der Waals surface area contributed by atoms with Crippen LogP contribution in [-0.2, 0) is 0 Å². The van der Waals surface area contributed by atoms with E-state index in [2.05, 4.69) is 0 Å². The molecule has 4 nitrogen and oxygen atoms in total. The average Bonchev–Trinajstić information content (AvgIpc) is 2.52. The van der Waals surface area contributed by atoms with E-state index in [0.717, 1.165) is 16.2 Å². The van der Waals surface area contributed by atoms with Crippen molar-refractivity contribution in [3.8, 4) is 11.5 Å². The Balaban J connectivity index is 2.57. The van der Waals surface area contributed by atoms with Crippen LogP contribution in [0.15, 0.2) is 42.5 Å². The second-order valence-corrected chi connectivity index (χ2v) is 4.67. The summed E-state index contributed by atoms with van der Waals surface area (Å²) in [5.74, 6) is 0.296. The second-order valence-electron chi connectivity index (χ2n) is 4.67. The number of hydrogen-bond acceptors (Lipinski definition) is 3. The monoisotopic (exact) mass is 282 g/mol. The van der Waals surface area contributed by atoms with Crippen molar-refractivity contribution in [3.05, 3.63) is 48.0 Å². The molecule has 0 saturated heterocycles. The van der Waals surface area contributed by atoms with Gasteiger partial charge in [0.05, 0.1) is 19.8 Å². The van der Waals surface area contributed by atoms with Gasteiger partial charge in [0.1, 0.15) is 0 Å². The van der Waals surface area contributed by atoms with Crippen LogP contribution < -0.4 is 9.47 Å². The van der Waals surface area contributed by atoms with E-state index in [1.807, 2.05) is 24.3 Å². The normalized spacial score (nSPS) is 10.8. The first-order valence-corrected chi connectivity index (χ1v) is 6.47. The van der Waals surface area contributed by atoms with Crippen LogP contribution in [0.3, 0.4) is 0 Å². The molecule has 0 radical (unpaired) electrons. The van der Waals surface area contributed by atoms with E-state index in [1.54, 1.807) is 32.4 Å². The first kappa shape index (κ1) is 13.2. The zero-order valence-electron chi connectivity index (χ0n) is 11.7. The average molecular weight is 282 g/mol. The van der Waals surface area contributed by atoms with Crippen molar-refractivity contribution >= 4 is 27.5 Å². The molecule has 4 heteroatoms. The summed E-state index contributed by atoms with van der Waals surface area (Å²) in [5.41, 5.74) is 0.283. The van der Waals surface area contributed by atoms with Gasteiger partial charge in [-0.25, -0.2) is 4.79 Å². The zero-order valence-corrected chi connectivity index (χ0v) is 11.7. The topological polar surface area (TPSA) is 55.8 Å². The number of carboxylic acids is 1. The fourth-order valence-corrected chi connectivity index (χ4v) is 2.69. The Bertz CT molecular complexity index is 852. The van der Waals surface area contributed by atoms with Crippen LogP contribution in [0.4, 0.5) is 0 Å². The van der Waals surface area contributed by atoms with Crippen LogP contribution in [0, 0.1) is 0 Å². The number of aromatic carboxylic acids is 1. The molecule has 0 aromatic heterocycles. The molecular weight excluding hydrogens is 268 g/mol. The highest BCUT2D eigenvalue weighted by molar-refractivity contribution is 6.18. The third-order valence-electron chi connectivity index (χ3n) is 3.59. The molecule has 0 amide bonds. The van der Waals surface area contributed by atoms with Crippen LogP contribution in [0.2, 0.25) is 0 Å². The Kier molecular flexibility index (Phi) is 3.14. The van der Waals surface area contributed by atoms with Gasteiger partial charge in [0.15, 0.2) is 11.5 Å². The lowest BCUT2D eigenvalue weighted by molar-refractivity contribution is 0.0699. The third kappa shape index (κ3) is 1.96. The molecule has 0 aliphatic carbocycles. The maximum absolute atomic E-state index is 11.5. The van der Waals surface area contributed by atoms with Gasteiger partial charge in [-0.3, -0.25) is 0 Å². The third-order valence-corrected chi connectivity index (χ3v) is 3.59. The van der Waals surface area contributed by atoms with Crippen molar-refractivity contribution in [3.63, 3.8) is 0 Å². The number of rotatable bonds is 3. The number of hydrogen-bond donors (Lipinski definition) is 1. The van der Waals surface area contributed by atoms with Gasteiger partial charge in [-0.2, -0.15) is 0 Å². The Morgan fingerprint density at radius 1 is 1.00 bits per heavy atom. The van der Waals surface area contributed by atoms with Gasteiger partial charge < -0.3 is 14.6 Å². The minimum absolute atomic E-state index is 0.283. The first-order chi connectivity index (χ1) is 10.2. The highest BCUT2D eigenvalue weighted by Gasteiger charge is 2.16. The van der Waals surface area contributed by atoms with Crippen LogP contribution in [0.1, 0.15) is 10.4 Å². The number of benzene rings is 3. The lowest BCUT2D eigenvalue weighted by Gasteiger charge is -2.14. The molecule has 0 aliphatic heterocycles. The fourth-order valence-electron chi connectivity index (χ4n) is 2.69. The Hall–Kier alpha value is -2.75. The van der Waals surface area contributed by atoms with Crippen LogP contribution in [0.5, 0.6) is 11.5 Å². The van der Waals surface area contributed by atoms with E-state index in [0.29, 0.717) is 16.9 Å². The number of carboxylic acid groups (broad SMARTS) is 1. The standard InChI is InChI=1S/C17H14O4/c1-20-14-8-7-10-9-13(17(18)19)11-5-3-4-6-12(11)15(10)16(14)21-2/h3-9H,1-2H3,(H,18,19). The lowest BCUT2D eigenvalue weighted by atomic mass is 9.96. The van der Waals surface area contributed by atoms with Gasteiger partial charge in [-0.1, -0.05) is 30.3 Å². The largest absolute Gasteiger partial charge is 0.493 e. The molecule has 0 spiro atoms. The molecule has 106 valence electrons. The van der Waals surface area contributed by atoms with Crippen molar-refractivity contribution < 1.29 is 19.4 Å². The minimum atomic E-state index is -0.942. The maximum Gasteiger partial charge on any atom is 0.336 e. The van der Waals surface area contributed by atoms with Crippen LogP contribution >= 0.6 is 0 Å². The molecule has 0 heterocycles. The number of ether oxygens (including phenoxy) is 2. The van der Waals surface area contributed by atoms with Crippen LogP contribution in [-0.4, -0.2) is 25.3 Å². The summed E-state index contributed by atoms with van der Waals surface area (Å²) in [6, 6.07) is 12.7. The number of fused-ring (bicyclic) bond motifs is 3. The first-order valence-electron chi connectivity index (χ1n) is 6.47. The van der Waals surface area contributed by atoms with Crippen molar-refractivity contribution in [2.75, 3.05) is 14.2 Å². The quantitative estimate of drug-likeness (QED) is 0.744. The molecule has 3 aromatic rings. The molecular formula is C17H14O4. The molecule has 3 aromatic carbocycles. The van der Waals surface area contributed by atoms with E-state index < -0.39 is 5.97 Å². The Morgan fingerprint density at radius 2 is 1.71 bits per heavy atom. The predicted octanol–water partition coefficient (Wildman–Crippen LogP) is 3.71. The molecule has 0 saturated carbocycles. The molecule has 0 atom stereocenters. The van der Waals surface area contributed by atoms with E-state index in [-0.39, 0.29) is 5.56 Å². The molecule has 0 bridgehead atoms. The fraction of sp³-hybridized carbons (Fsp3) is 0.118. The van der Waals surface area contributed by atoms with Gasteiger partial charge >= 0.3 is 5.97 Å². The Labute approximate surface area is 121 Å². The van der Waals surface area contributed by atoms with Crippen molar-refractivity contribution in [2.45, 2.75) is 0 Å². The summed E-state index contributed by atoms with van der Waals surface area (Å²) in [6.07, 6.45) is 0. The van der Waals surface area contributed by atoms with Gasteiger partial charge in [0.2, 0.25) is 0 Å². The highest BCUT2D eigenvalue weighted by Crippen LogP contribution is 2.40. The highest BCUT2D eigenvalue weighted by atomic mass is 16.5. The summed E-state index contributed by atoms with van der Waals surface area (Å²) in [5, 5.41) is 12.6. The lowest BCUT2D eigenvalue weighted by Crippen LogP contribution is -1.99. The van der Waals surface area contributed by atoms with E-state index >= 15 is 0 Å². The predicted molar refractivity (Wildman–Crippen MR) is 81.5 cm³/mol. The van der Waals surface area contributed by atoms with E-state index in [9.17, 15) is 9.90 Å². The number of methoxy groups -OCH3 is 2. The van der Waals surface area contributed by atoms with Crippen LogP contribution in [0.25, 0.3) is 21.5 Å². The summed E-state index contributed by atoms with van der Waals surface area (Å²) in [7, 11) is 3.16. The zero-order chi connectivity index (χ0) is 15.0. The van der Waals surface area contributed by atoms with Gasteiger partial charge in [-0.15, -0.1) is 0 Å². The maximum atomic E-state index is 11.5. The van der Waals surface area contributed by atoms with Gasteiger partial charge in [0.25, 0.3) is 0 Å². The molecule has 0 unspecified atom stereocenters. The summed E-state index contributed by atoms with van der Waals surface area (Å²) < 4.78 is 10.8. The molecule has 21 heavy (non-hydrogen) atoms. The summed E-state index contributed by atoms with van der Waals surface area (Å²) in [4.78, 5) is 11.5. The molecule has 1 N–H and O–H groups in total. The molecule has 0 aliphatic rings. The van der Waals surface area contributed by atoms with E-state index in [4.69, 9.17) is 9.47 Å². The molecule has 3 rings (SSSR count). The Morgan fingerprint density at radius 3 is 2.33 bits per heavy atom. The minimum Gasteiger partial charge on any atom is -0.493 e. The van der Waals surface area contributed by atoms with Gasteiger partial charge in [-0.05, 0) is 28.3 Å². The summed E-state index contributed by atoms with van der Waals surface area (Å²) >= 11 is 0. The van der Waals surface area contributed by atoms with Crippen molar-refractivity contribution in [1.29, 1.82) is 0 Å². The summed E-state index contributed by atoms with van der Waals surface area (Å²) in [6.45, 7) is 0. The van der Waals surface area contributed by atoms with Gasteiger partial charge in [0, 0.05) is 5.39 Å². The van der Waals surface area contributed by atoms with E-state index in [1.165, 1.54) is 0 Å². The smallest absolute Gasteiger partial charge is 0.336 e. The van der Waals surface area contributed by atoms with Crippen molar-refractivity contribution in [1.82, 2.24) is 0 Å².